The van der Waals surface area contributed by atoms with E-state index in [2.05, 4.69) is 46.9 Å². The molecule has 2 rings (SSSR count). The van der Waals surface area contributed by atoms with Crippen molar-refractivity contribution >= 4 is 26.8 Å². The van der Waals surface area contributed by atoms with Crippen molar-refractivity contribution in [1.29, 1.82) is 0 Å². The molecule has 1 heterocycles. The molecule has 0 aliphatic carbocycles. The van der Waals surface area contributed by atoms with E-state index in [0.717, 1.165) is 17.3 Å². The van der Waals surface area contributed by atoms with E-state index in [-0.39, 0.29) is 0 Å². The summed E-state index contributed by atoms with van der Waals surface area (Å²) in [5, 5.41) is 1.33. The molecular weight excluding hydrogens is 288 g/mol. The summed E-state index contributed by atoms with van der Waals surface area (Å²) in [7, 11) is 0. The Balaban J connectivity index is 2.50. The third kappa shape index (κ3) is 2.62. The number of unbranched alkanes of at least 4 members (excludes halogenated alkanes) is 1. The fourth-order valence-corrected chi connectivity index (χ4v) is 3.09. The van der Waals surface area contributed by atoms with Crippen LogP contribution in [0.1, 0.15) is 36.6 Å². The van der Waals surface area contributed by atoms with Crippen LogP contribution in [0.2, 0.25) is 0 Å². The monoisotopic (exact) mass is 308 g/mol. The van der Waals surface area contributed by atoms with Crippen molar-refractivity contribution < 1.29 is 0 Å². The Morgan fingerprint density at radius 1 is 1.28 bits per heavy atom. The number of nitrogens with one attached hydrogen (secondary N) is 1. The summed E-state index contributed by atoms with van der Waals surface area (Å²) >= 11 is 3.68. The molecule has 0 aliphatic rings. The highest BCUT2D eigenvalue weighted by Gasteiger charge is 2.11. The van der Waals surface area contributed by atoms with Gasteiger partial charge < -0.3 is 10.7 Å². The number of benzene rings is 1. The lowest BCUT2D eigenvalue weighted by Crippen LogP contribution is -2.03. The van der Waals surface area contributed by atoms with Crippen molar-refractivity contribution in [1.82, 2.24) is 4.98 Å². The zero-order valence-corrected chi connectivity index (χ0v) is 12.7. The number of rotatable bonds is 5. The molecule has 2 aromatic rings. The Morgan fingerprint density at radius 2 is 2.06 bits per heavy atom. The fourth-order valence-electron chi connectivity index (χ4n) is 2.48. The van der Waals surface area contributed by atoms with E-state index >= 15 is 0 Å². The largest absolute Gasteiger partial charge is 0.357 e. The lowest BCUT2D eigenvalue weighted by Gasteiger charge is -2.04. The summed E-state index contributed by atoms with van der Waals surface area (Å²) in [6.45, 7) is 5.06. The number of fused-ring (bicyclic) bond motifs is 1. The standard InChI is InChI=1S/C15H21BrN2/c1-3-4-5-11-8-13-12(6-7-17)10(2)18-15(13)14(16)9-11/h8-9,18H,3-7,17H2,1-2H3. The van der Waals surface area contributed by atoms with E-state index in [4.69, 9.17) is 5.73 Å². The molecule has 0 saturated heterocycles. The first kappa shape index (κ1) is 13.6. The minimum atomic E-state index is 0.699. The van der Waals surface area contributed by atoms with Gasteiger partial charge in [0.25, 0.3) is 0 Å². The molecule has 0 atom stereocenters. The number of aromatic amines is 1. The molecule has 0 unspecified atom stereocenters. The number of aromatic nitrogens is 1. The van der Waals surface area contributed by atoms with E-state index < -0.39 is 0 Å². The van der Waals surface area contributed by atoms with Gasteiger partial charge in [-0.15, -0.1) is 0 Å². The van der Waals surface area contributed by atoms with Crippen LogP contribution >= 0.6 is 15.9 Å². The molecule has 3 N–H and O–H groups in total. The van der Waals surface area contributed by atoms with Crippen molar-refractivity contribution in [2.45, 2.75) is 39.5 Å². The van der Waals surface area contributed by atoms with Crippen LogP contribution in [0, 0.1) is 6.92 Å². The third-order valence-corrected chi connectivity index (χ3v) is 4.08. The summed E-state index contributed by atoms with van der Waals surface area (Å²) in [5.74, 6) is 0. The summed E-state index contributed by atoms with van der Waals surface area (Å²) in [6, 6.07) is 4.56. The van der Waals surface area contributed by atoms with Crippen LogP contribution in [-0.2, 0) is 12.8 Å². The van der Waals surface area contributed by atoms with Crippen LogP contribution in [-0.4, -0.2) is 11.5 Å². The van der Waals surface area contributed by atoms with E-state index in [1.807, 2.05) is 0 Å². The molecule has 0 spiro atoms. The van der Waals surface area contributed by atoms with Crippen molar-refractivity contribution in [2.75, 3.05) is 6.54 Å². The lowest BCUT2D eigenvalue weighted by atomic mass is 10.0. The van der Waals surface area contributed by atoms with E-state index in [9.17, 15) is 0 Å². The second-order valence-corrected chi connectivity index (χ2v) is 5.73. The minimum Gasteiger partial charge on any atom is -0.357 e. The van der Waals surface area contributed by atoms with E-state index in [1.54, 1.807) is 0 Å². The predicted octanol–water partition coefficient (Wildman–Crippen LogP) is 4.08. The van der Waals surface area contributed by atoms with Gasteiger partial charge in [0.2, 0.25) is 0 Å². The highest BCUT2D eigenvalue weighted by atomic mass is 79.9. The Hall–Kier alpha value is -0.800. The summed E-state index contributed by atoms with van der Waals surface area (Å²) < 4.78 is 1.16. The average molecular weight is 309 g/mol. The first-order chi connectivity index (χ1) is 8.67. The topological polar surface area (TPSA) is 41.8 Å². The zero-order chi connectivity index (χ0) is 13.1. The van der Waals surface area contributed by atoms with Crippen LogP contribution < -0.4 is 5.73 Å². The fraction of sp³-hybridized carbons (Fsp3) is 0.467. The van der Waals surface area contributed by atoms with Gasteiger partial charge in [0.15, 0.2) is 0 Å². The van der Waals surface area contributed by atoms with Gasteiger partial charge in [-0.3, -0.25) is 0 Å². The van der Waals surface area contributed by atoms with Crippen molar-refractivity contribution in [3.8, 4) is 0 Å². The van der Waals surface area contributed by atoms with Gasteiger partial charge in [-0.05, 0) is 71.9 Å². The van der Waals surface area contributed by atoms with Gasteiger partial charge in [-0.2, -0.15) is 0 Å². The molecule has 1 aromatic heterocycles. The van der Waals surface area contributed by atoms with Gasteiger partial charge >= 0.3 is 0 Å². The molecule has 0 saturated carbocycles. The molecule has 0 fully saturated rings. The van der Waals surface area contributed by atoms with Crippen molar-refractivity contribution in [2.24, 2.45) is 5.73 Å². The summed E-state index contributed by atoms with van der Waals surface area (Å²) in [5.41, 5.74) is 10.9. The zero-order valence-electron chi connectivity index (χ0n) is 11.1. The van der Waals surface area contributed by atoms with Crippen molar-refractivity contribution in [3.05, 3.63) is 33.4 Å². The van der Waals surface area contributed by atoms with Crippen molar-refractivity contribution in [3.63, 3.8) is 0 Å². The summed E-state index contributed by atoms with van der Waals surface area (Å²) in [6.07, 6.45) is 4.57. The van der Waals surface area contributed by atoms with Crippen LogP contribution in [0.15, 0.2) is 16.6 Å². The maximum atomic E-state index is 5.71. The van der Waals surface area contributed by atoms with Gasteiger partial charge in [0.1, 0.15) is 0 Å². The maximum Gasteiger partial charge on any atom is 0.0603 e. The first-order valence-corrected chi connectivity index (χ1v) is 7.46. The van der Waals surface area contributed by atoms with Crippen LogP contribution in [0.3, 0.4) is 0 Å². The number of hydrogen-bond acceptors (Lipinski definition) is 1. The molecule has 18 heavy (non-hydrogen) atoms. The lowest BCUT2D eigenvalue weighted by molar-refractivity contribution is 0.795. The van der Waals surface area contributed by atoms with Crippen LogP contribution in [0.5, 0.6) is 0 Å². The van der Waals surface area contributed by atoms with E-state index in [1.165, 1.54) is 40.6 Å². The number of aryl methyl sites for hydroxylation is 2. The molecule has 0 radical (unpaired) electrons. The van der Waals surface area contributed by atoms with Gasteiger partial charge in [-0.1, -0.05) is 13.3 Å². The van der Waals surface area contributed by atoms with Gasteiger partial charge in [0.05, 0.1) is 5.52 Å². The van der Waals surface area contributed by atoms with Crippen LogP contribution in [0.4, 0.5) is 0 Å². The normalized spacial score (nSPS) is 11.3. The number of H-pyrrole nitrogens is 1. The summed E-state index contributed by atoms with van der Waals surface area (Å²) in [4.78, 5) is 3.46. The average Bonchev–Trinajstić information content (AvgIpc) is 2.66. The van der Waals surface area contributed by atoms with Crippen LogP contribution in [0.25, 0.3) is 10.9 Å². The molecule has 0 amide bonds. The molecule has 98 valence electrons. The molecule has 1 aromatic carbocycles. The number of nitrogens with two attached hydrogens (primary N) is 1. The Kier molecular flexibility index (Phi) is 4.46. The highest BCUT2D eigenvalue weighted by molar-refractivity contribution is 9.10. The number of hydrogen-bond donors (Lipinski definition) is 2. The first-order valence-electron chi connectivity index (χ1n) is 6.67. The molecular formula is C15H21BrN2. The highest BCUT2D eigenvalue weighted by Crippen LogP contribution is 2.30. The smallest absolute Gasteiger partial charge is 0.0603 e. The third-order valence-electron chi connectivity index (χ3n) is 3.45. The molecule has 0 aliphatic heterocycles. The van der Waals surface area contributed by atoms with Gasteiger partial charge in [0, 0.05) is 15.6 Å². The van der Waals surface area contributed by atoms with E-state index in [0.29, 0.717) is 6.54 Å². The Bertz CT molecular complexity index is 543. The number of halogens is 1. The van der Waals surface area contributed by atoms with Gasteiger partial charge in [-0.25, -0.2) is 0 Å². The molecule has 0 bridgehead atoms. The maximum absolute atomic E-state index is 5.71. The Morgan fingerprint density at radius 3 is 2.72 bits per heavy atom. The minimum absolute atomic E-state index is 0.699. The SMILES string of the molecule is CCCCc1cc(Br)c2[nH]c(C)c(CCN)c2c1. The molecule has 2 nitrogen and oxygen atoms in total. The predicted molar refractivity (Wildman–Crippen MR) is 82.1 cm³/mol. The Labute approximate surface area is 117 Å². The molecule has 3 heteroatoms. The quantitative estimate of drug-likeness (QED) is 0.858. The second kappa shape index (κ2) is 5.89. The second-order valence-electron chi connectivity index (χ2n) is 4.87.